The van der Waals surface area contributed by atoms with Crippen molar-refractivity contribution in [2.24, 2.45) is 7.05 Å². The van der Waals surface area contributed by atoms with Gasteiger partial charge in [-0.05, 0) is 12.8 Å². The molecule has 0 spiro atoms. The number of piperidine rings is 1. The smallest absolute Gasteiger partial charge is 0.163 e. The molecular formula is C17H28N6O2S. The number of likely N-dealkylation sites (tertiary alicyclic amines) is 1. The van der Waals surface area contributed by atoms with Gasteiger partial charge in [0.25, 0.3) is 0 Å². The van der Waals surface area contributed by atoms with Gasteiger partial charge in [-0.2, -0.15) is 5.10 Å². The van der Waals surface area contributed by atoms with E-state index in [9.17, 15) is 8.42 Å². The van der Waals surface area contributed by atoms with E-state index in [2.05, 4.69) is 34.1 Å². The zero-order chi connectivity index (χ0) is 18.9. The Balaban J connectivity index is 1.68. The van der Waals surface area contributed by atoms with Crippen molar-refractivity contribution in [1.82, 2.24) is 24.6 Å². The lowest BCUT2D eigenvalue weighted by Crippen LogP contribution is -2.41. The van der Waals surface area contributed by atoms with Crippen LogP contribution in [-0.2, 0) is 16.9 Å². The lowest BCUT2D eigenvalue weighted by Gasteiger charge is -2.32. The number of aromatic nitrogens is 4. The van der Waals surface area contributed by atoms with Crippen LogP contribution in [0, 0.1) is 0 Å². The number of hydrogen-bond donors (Lipinski definition) is 1. The summed E-state index contributed by atoms with van der Waals surface area (Å²) in [6.45, 7) is 6.57. The van der Waals surface area contributed by atoms with E-state index in [1.807, 2.05) is 13.2 Å². The van der Waals surface area contributed by atoms with Crippen molar-refractivity contribution >= 4 is 26.7 Å². The summed E-state index contributed by atoms with van der Waals surface area (Å²) in [6.07, 6.45) is 5.03. The van der Waals surface area contributed by atoms with Crippen LogP contribution in [0.3, 0.4) is 0 Å². The van der Waals surface area contributed by atoms with Crippen LogP contribution >= 0.6 is 0 Å². The third-order valence-corrected chi connectivity index (χ3v) is 5.76. The number of fused-ring (bicyclic) bond motifs is 1. The summed E-state index contributed by atoms with van der Waals surface area (Å²) in [5.74, 6) is 2.13. The number of anilines is 1. The van der Waals surface area contributed by atoms with Crippen LogP contribution in [-0.4, -0.2) is 70.8 Å². The highest BCUT2D eigenvalue weighted by molar-refractivity contribution is 7.90. The molecule has 9 heteroatoms. The first-order valence-corrected chi connectivity index (χ1v) is 11.2. The van der Waals surface area contributed by atoms with Gasteiger partial charge < -0.3 is 10.2 Å². The summed E-state index contributed by atoms with van der Waals surface area (Å²) in [7, 11) is -1.01. The zero-order valence-electron chi connectivity index (χ0n) is 15.9. The highest BCUT2D eigenvalue weighted by atomic mass is 32.2. The fourth-order valence-corrected chi connectivity index (χ4v) is 3.79. The molecule has 0 atom stereocenters. The number of hydrogen-bond acceptors (Lipinski definition) is 7. The summed E-state index contributed by atoms with van der Waals surface area (Å²) in [5, 5.41) is 8.84. The largest absolute Gasteiger partial charge is 0.367 e. The molecule has 8 nitrogen and oxygen atoms in total. The summed E-state index contributed by atoms with van der Waals surface area (Å²) in [6, 6.07) is 0.322. The monoisotopic (exact) mass is 380 g/mol. The summed E-state index contributed by atoms with van der Waals surface area (Å²) >= 11 is 0. The minimum Gasteiger partial charge on any atom is -0.367 e. The maximum absolute atomic E-state index is 11.3. The normalized spacial score (nSPS) is 17.3. The van der Waals surface area contributed by atoms with Crippen LogP contribution in [0.2, 0.25) is 0 Å². The van der Waals surface area contributed by atoms with E-state index in [-0.39, 0.29) is 11.7 Å². The van der Waals surface area contributed by atoms with Crippen LogP contribution in [0.4, 0.5) is 5.82 Å². The maximum atomic E-state index is 11.3. The second kappa shape index (κ2) is 7.48. The van der Waals surface area contributed by atoms with Crippen molar-refractivity contribution in [3.63, 3.8) is 0 Å². The van der Waals surface area contributed by atoms with Gasteiger partial charge in [-0.1, -0.05) is 13.8 Å². The van der Waals surface area contributed by atoms with Crippen molar-refractivity contribution in [3.05, 3.63) is 12.0 Å². The first-order valence-electron chi connectivity index (χ1n) is 9.09. The maximum Gasteiger partial charge on any atom is 0.163 e. The first kappa shape index (κ1) is 19.0. The first-order chi connectivity index (χ1) is 12.2. The van der Waals surface area contributed by atoms with Crippen LogP contribution in [0.25, 0.3) is 11.0 Å². The molecule has 0 amide bonds. The van der Waals surface area contributed by atoms with E-state index in [1.54, 1.807) is 4.68 Å². The average molecular weight is 381 g/mol. The third-order valence-electron chi connectivity index (χ3n) is 4.83. The lowest BCUT2D eigenvalue weighted by molar-refractivity contribution is 0.230. The molecule has 0 bridgehead atoms. The van der Waals surface area contributed by atoms with Crippen LogP contribution < -0.4 is 5.32 Å². The Bertz CT molecular complexity index is 869. The Labute approximate surface area is 154 Å². The molecule has 3 rings (SSSR count). The minimum atomic E-state index is -2.90. The number of nitrogens with zero attached hydrogens (tertiary/aromatic N) is 5. The minimum absolute atomic E-state index is 0.227. The molecule has 2 aromatic heterocycles. The van der Waals surface area contributed by atoms with E-state index in [0.717, 1.165) is 48.6 Å². The predicted molar refractivity (Wildman–Crippen MR) is 103 cm³/mol. The highest BCUT2D eigenvalue weighted by Crippen LogP contribution is 2.25. The summed E-state index contributed by atoms with van der Waals surface area (Å²) < 4.78 is 24.4. The van der Waals surface area contributed by atoms with Crippen molar-refractivity contribution in [1.29, 1.82) is 0 Å². The molecule has 0 saturated carbocycles. The van der Waals surface area contributed by atoms with E-state index < -0.39 is 9.84 Å². The molecule has 3 heterocycles. The highest BCUT2D eigenvalue weighted by Gasteiger charge is 2.22. The molecule has 1 saturated heterocycles. The van der Waals surface area contributed by atoms with E-state index >= 15 is 0 Å². The molecule has 1 fully saturated rings. The number of rotatable bonds is 6. The standard InChI is InChI=1S/C17H28N6O2S/c1-12(2)15-20-16(14-11-18-22(3)17(14)21-15)19-13-5-7-23(8-6-13)9-10-26(4,24)25/h11-13H,5-10H2,1-4H3,(H,19,20,21). The molecule has 1 N–H and O–H groups in total. The second-order valence-electron chi connectivity index (χ2n) is 7.48. The van der Waals surface area contributed by atoms with E-state index in [4.69, 9.17) is 4.98 Å². The predicted octanol–water partition coefficient (Wildman–Crippen LogP) is 1.41. The van der Waals surface area contributed by atoms with Gasteiger partial charge in [-0.25, -0.2) is 18.4 Å². The number of sulfone groups is 1. The molecule has 144 valence electrons. The van der Waals surface area contributed by atoms with Gasteiger partial charge in [0.2, 0.25) is 0 Å². The van der Waals surface area contributed by atoms with Gasteiger partial charge in [0.15, 0.2) is 5.65 Å². The summed E-state index contributed by atoms with van der Waals surface area (Å²) in [4.78, 5) is 11.6. The Morgan fingerprint density at radius 1 is 1.27 bits per heavy atom. The van der Waals surface area contributed by atoms with E-state index in [1.165, 1.54) is 6.26 Å². The summed E-state index contributed by atoms with van der Waals surface area (Å²) in [5.41, 5.74) is 0.844. The van der Waals surface area contributed by atoms with Gasteiger partial charge in [0.1, 0.15) is 21.5 Å². The molecule has 0 aliphatic carbocycles. The zero-order valence-corrected chi connectivity index (χ0v) is 16.8. The van der Waals surface area contributed by atoms with Gasteiger partial charge in [0.05, 0.1) is 17.3 Å². The van der Waals surface area contributed by atoms with Crippen LogP contribution in [0.1, 0.15) is 38.4 Å². The van der Waals surface area contributed by atoms with Crippen LogP contribution in [0.15, 0.2) is 6.20 Å². The van der Waals surface area contributed by atoms with Crippen LogP contribution in [0.5, 0.6) is 0 Å². The Hall–Kier alpha value is -1.74. The topological polar surface area (TPSA) is 93.0 Å². The Morgan fingerprint density at radius 2 is 1.96 bits per heavy atom. The quantitative estimate of drug-likeness (QED) is 0.810. The van der Waals surface area contributed by atoms with Crippen molar-refractivity contribution in [2.75, 3.05) is 37.0 Å². The average Bonchev–Trinajstić information content (AvgIpc) is 2.95. The van der Waals surface area contributed by atoms with Gasteiger partial charge >= 0.3 is 0 Å². The van der Waals surface area contributed by atoms with Gasteiger partial charge in [-0.15, -0.1) is 0 Å². The molecular weight excluding hydrogens is 352 g/mol. The molecule has 0 aromatic carbocycles. The third kappa shape index (κ3) is 4.50. The Morgan fingerprint density at radius 3 is 2.58 bits per heavy atom. The van der Waals surface area contributed by atoms with Crippen molar-refractivity contribution in [2.45, 2.75) is 38.6 Å². The molecule has 1 aliphatic rings. The Kier molecular flexibility index (Phi) is 5.47. The molecule has 2 aromatic rings. The fourth-order valence-electron chi connectivity index (χ4n) is 3.20. The molecule has 26 heavy (non-hydrogen) atoms. The molecule has 1 aliphatic heterocycles. The van der Waals surface area contributed by atoms with E-state index in [0.29, 0.717) is 12.6 Å². The van der Waals surface area contributed by atoms with Gasteiger partial charge in [-0.3, -0.25) is 4.68 Å². The lowest BCUT2D eigenvalue weighted by atomic mass is 10.0. The molecule has 0 radical (unpaired) electrons. The van der Waals surface area contributed by atoms with Gasteiger partial charge in [0, 0.05) is 44.9 Å². The number of nitrogens with one attached hydrogen (secondary N) is 1. The second-order valence-corrected chi connectivity index (χ2v) is 9.74. The van der Waals surface area contributed by atoms with Crippen molar-refractivity contribution in [3.8, 4) is 0 Å². The SMILES string of the molecule is CC(C)c1nc(NC2CCN(CCS(C)(=O)=O)CC2)c2cnn(C)c2n1. The molecule has 0 unspecified atom stereocenters. The number of aryl methyl sites for hydroxylation is 1. The van der Waals surface area contributed by atoms with Crippen molar-refractivity contribution < 1.29 is 8.42 Å². The fraction of sp³-hybridized carbons (Fsp3) is 0.706.